The summed E-state index contributed by atoms with van der Waals surface area (Å²) in [6, 6.07) is 10.1. The van der Waals surface area contributed by atoms with Crippen LogP contribution in [0.4, 0.5) is 13.2 Å². The van der Waals surface area contributed by atoms with Gasteiger partial charge in [0.1, 0.15) is 5.75 Å². The third-order valence-corrected chi connectivity index (χ3v) is 3.58. The van der Waals surface area contributed by atoms with E-state index in [0.717, 1.165) is 11.1 Å². The highest BCUT2D eigenvalue weighted by molar-refractivity contribution is 5.79. The molecule has 9 heteroatoms. The number of rotatable bonds is 8. The predicted molar refractivity (Wildman–Crippen MR) is 100 cm³/mol. The third kappa shape index (κ3) is 7.34. The van der Waals surface area contributed by atoms with Crippen LogP contribution < -0.4 is 20.1 Å². The lowest BCUT2D eigenvalue weighted by Gasteiger charge is -2.13. The lowest BCUT2D eigenvalue weighted by molar-refractivity contribution is -0.153. The number of benzene rings is 1. The molecule has 2 aromatic rings. The summed E-state index contributed by atoms with van der Waals surface area (Å²) in [6.07, 6.45) is -2.70. The largest absolute Gasteiger partial charge is 0.484 e. The molecule has 2 rings (SSSR count). The van der Waals surface area contributed by atoms with Gasteiger partial charge in [0.05, 0.1) is 13.7 Å². The summed E-state index contributed by atoms with van der Waals surface area (Å²) in [7, 11) is 1.56. The molecular formula is C19H23F3N4O2. The lowest BCUT2D eigenvalue weighted by atomic mass is 10.2. The number of aromatic nitrogens is 1. The van der Waals surface area contributed by atoms with Crippen molar-refractivity contribution in [3.05, 3.63) is 53.7 Å². The fraction of sp³-hybridized carbons (Fsp3) is 0.368. The van der Waals surface area contributed by atoms with Crippen molar-refractivity contribution in [3.63, 3.8) is 0 Å². The van der Waals surface area contributed by atoms with E-state index in [4.69, 9.17) is 9.47 Å². The molecule has 0 fully saturated rings. The Hall–Kier alpha value is -2.97. The standard InChI is InChI=1S/C19H23F3N4O2/c1-3-23-18(26-12-15-5-4-10-24-17(15)27-2)25-11-14-6-8-16(9-7-14)28-13-19(20,21)22/h4-10H,3,11-13H2,1-2H3,(H2,23,25,26). The van der Waals surface area contributed by atoms with Crippen molar-refractivity contribution in [1.29, 1.82) is 0 Å². The van der Waals surface area contributed by atoms with E-state index in [-0.39, 0.29) is 5.75 Å². The average Bonchev–Trinajstić information content (AvgIpc) is 2.69. The molecule has 0 saturated carbocycles. The first-order valence-electron chi connectivity index (χ1n) is 8.70. The number of hydrogen-bond donors (Lipinski definition) is 2. The number of hydrogen-bond acceptors (Lipinski definition) is 4. The molecule has 0 amide bonds. The molecule has 2 N–H and O–H groups in total. The lowest BCUT2D eigenvalue weighted by Crippen LogP contribution is -2.36. The van der Waals surface area contributed by atoms with Crippen molar-refractivity contribution in [2.75, 3.05) is 20.3 Å². The van der Waals surface area contributed by atoms with Crippen LogP contribution in [0, 0.1) is 0 Å². The van der Waals surface area contributed by atoms with E-state index < -0.39 is 12.8 Å². The van der Waals surface area contributed by atoms with Gasteiger partial charge >= 0.3 is 6.18 Å². The van der Waals surface area contributed by atoms with Gasteiger partial charge in [-0.25, -0.2) is 9.98 Å². The number of pyridine rings is 1. The summed E-state index contributed by atoms with van der Waals surface area (Å²) in [5.41, 5.74) is 1.73. The van der Waals surface area contributed by atoms with Crippen LogP contribution in [0.25, 0.3) is 0 Å². The zero-order valence-corrected chi connectivity index (χ0v) is 15.7. The van der Waals surface area contributed by atoms with Gasteiger partial charge in [0.25, 0.3) is 0 Å². The van der Waals surface area contributed by atoms with E-state index in [1.807, 2.05) is 19.1 Å². The van der Waals surface area contributed by atoms with Gasteiger partial charge in [-0.1, -0.05) is 18.2 Å². The van der Waals surface area contributed by atoms with Crippen molar-refractivity contribution in [3.8, 4) is 11.6 Å². The highest BCUT2D eigenvalue weighted by Crippen LogP contribution is 2.19. The van der Waals surface area contributed by atoms with E-state index in [0.29, 0.717) is 31.5 Å². The normalized spacial score (nSPS) is 11.8. The molecule has 152 valence electrons. The first kappa shape index (κ1) is 21.3. The number of ether oxygens (including phenoxy) is 2. The Kier molecular flexibility index (Phi) is 7.91. The second-order valence-corrected chi connectivity index (χ2v) is 5.77. The van der Waals surface area contributed by atoms with Crippen molar-refractivity contribution in [1.82, 2.24) is 15.6 Å². The van der Waals surface area contributed by atoms with Gasteiger partial charge in [-0.3, -0.25) is 0 Å². The van der Waals surface area contributed by atoms with Crippen LogP contribution in [-0.4, -0.2) is 37.4 Å². The number of aliphatic imine (C=N–C) groups is 1. The van der Waals surface area contributed by atoms with E-state index in [9.17, 15) is 13.2 Å². The maximum absolute atomic E-state index is 12.2. The summed E-state index contributed by atoms with van der Waals surface area (Å²) in [4.78, 5) is 8.63. The van der Waals surface area contributed by atoms with Crippen molar-refractivity contribution >= 4 is 5.96 Å². The molecule has 0 aliphatic heterocycles. The first-order chi connectivity index (χ1) is 13.4. The fourth-order valence-corrected chi connectivity index (χ4v) is 2.29. The fourth-order valence-electron chi connectivity index (χ4n) is 2.29. The highest BCUT2D eigenvalue weighted by Gasteiger charge is 2.28. The molecule has 0 bridgehead atoms. The maximum Gasteiger partial charge on any atom is 0.422 e. The number of nitrogens with zero attached hydrogens (tertiary/aromatic N) is 2. The summed E-state index contributed by atoms with van der Waals surface area (Å²) < 4.78 is 46.5. The molecular weight excluding hydrogens is 373 g/mol. The summed E-state index contributed by atoms with van der Waals surface area (Å²) in [5, 5.41) is 6.34. The van der Waals surface area contributed by atoms with Gasteiger partial charge in [0.2, 0.25) is 5.88 Å². The zero-order chi connectivity index (χ0) is 20.4. The van der Waals surface area contributed by atoms with Crippen molar-refractivity contribution in [2.45, 2.75) is 26.2 Å². The topological polar surface area (TPSA) is 67.8 Å². The first-order valence-corrected chi connectivity index (χ1v) is 8.70. The Labute approximate surface area is 161 Å². The van der Waals surface area contributed by atoms with Gasteiger partial charge in [-0.15, -0.1) is 0 Å². The zero-order valence-electron chi connectivity index (χ0n) is 15.7. The van der Waals surface area contributed by atoms with Crippen LogP contribution in [0.3, 0.4) is 0 Å². The molecule has 1 aromatic carbocycles. The minimum Gasteiger partial charge on any atom is -0.484 e. The number of nitrogens with one attached hydrogen (secondary N) is 2. The summed E-state index contributed by atoms with van der Waals surface area (Å²) in [5.74, 6) is 1.31. The van der Waals surface area contributed by atoms with E-state index in [1.54, 1.807) is 25.4 Å². The van der Waals surface area contributed by atoms with Gasteiger partial charge in [0.15, 0.2) is 12.6 Å². The second kappa shape index (κ2) is 10.4. The Morgan fingerprint density at radius 2 is 1.89 bits per heavy atom. The number of methoxy groups -OCH3 is 1. The number of guanidine groups is 1. The molecule has 0 atom stereocenters. The number of alkyl halides is 3. The Balaban J connectivity index is 1.94. The second-order valence-electron chi connectivity index (χ2n) is 5.77. The van der Waals surface area contributed by atoms with Gasteiger partial charge in [-0.05, 0) is 30.7 Å². The van der Waals surface area contributed by atoms with Crippen LogP contribution in [0.15, 0.2) is 47.6 Å². The van der Waals surface area contributed by atoms with Crippen LogP contribution in [0.5, 0.6) is 11.6 Å². The smallest absolute Gasteiger partial charge is 0.422 e. The molecule has 0 aliphatic carbocycles. The van der Waals surface area contributed by atoms with E-state index in [2.05, 4.69) is 20.6 Å². The SMILES string of the molecule is CCNC(=NCc1ccc(OCC(F)(F)F)cc1)NCc1cccnc1OC. The van der Waals surface area contributed by atoms with Crippen LogP contribution in [-0.2, 0) is 13.1 Å². The predicted octanol–water partition coefficient (Wildman–Crippen LogP) is 3.29. The minimum atomic E-state index is -4.35. The molecule has 0 radical (unpaired) electrons. The molecule has 0 aliphatic rings. The monoisotopic (exact) mass is 396 g/mol. The van der Waals surface area contributed by atoms with Gasteiger partial charge in [0, 0.05) is 24.8 Å². The Bertz CT molecular complexity index is 765. The van der Waals surface area contributed by atoms with Crippen molar-refractivity contribution in [2.24, 2.45) is 4.99 Å². The quantitative estimate of drug-likeness (QED) is 0.530. The molecule has 1 aromatic heterocycles. The van der Waals surface area contributed by atoms with E-state index >= 15 is 0 Å². The Morgan fingerprint density at radius 3 is 2.54 bits per heavy atom. The molecule has 1 heterocycles. The maximum atomic E-state index is 12.2. The van der Waals surface area contributed by atoms with Gasteiger partial charge in [-0.2, -0.15) is 13.2 Å². The van der Waals surface area contributed by atoms with Crippen LogP contribution >= 0.6 is 0 Å². The summed E-state index contributed by atoms with van der Waals surface area (Å²) in [6.45, 7) is 2.16. The molecule has 0 unspecified atom stereocenters. The van der Waals surface area contributed by atoms with Crippen molar-refractivity contribution < 1.29 is 22.6 Å². The van der Waals surface area contributed by atoms with Gasteiger partial charge < -0.3 is 20.1 Å². The minimum absolute atomic E-state index is 0.166. The molecule has 6 nitrogen and oxygen atoms in total. The van der Waals surface area contributed by atoms with Crippen LogP contribution in [0.1, 0.15) is 18.1 Å². The van der Waals surface area contributed by atoms with Crippen LogP contribution in [0.2, 0.25) is 0 Å². The molecule has 28 heavy (non-hydrogen) atoms. The number of halogens is 3. The summed E-state index contributed by atoms with van der Waals surface area (Å²) >= 11 is 0. The molecule has 0 saturated heterocycles. The molecule has 0 spiro atoms. The van der Waals surface area contributed by atoms with E-state index in [1.165, 1.54) is 12.1 Å². The Morgan fingerprint density at radius 1 is 1.14 bits per heavy atom. The third-order valence-electron chi connectivity index (χ3n) is 3.58. The highest BCUT2D eigenvalue weighted by atomic mass is 19.4. The average molecular weight is 396 g/mol.